The predicted molar refractivity (Wildman–Crippen MR) is 273 cm³/mol. The molecule has 0 saturated carbocycles. The largest absolute Gasteiger partial charge is 0.756 e. The zero-order chi connectivity index (χ0) is 46.9. The smallest absolute Gasteiger partial charge is 0.306 e. The summed E-state index contributed by atoms with van der Waals surface area (Å²) in [6.07, 6.45) is 61.0. The Hall–Kier alpha value is -1.80. The van der Waals surface area contributed by atoms with Crippen molar-refractivity contribution in [3.8, 4) is 0 Å². The van der Waals surface area contributed by atoms with Crippen molar-refractivity contribution in [2.45, 2.75) is 232 Å². The topological polar surface area (TPSA) is 94.1 Å². The third-order valence-corrected chi connectivity index (χ3v) is 12.3. The standard InChI is InChI=1S/C55H102NO7P/c1-6-8-10-12-14-16-18-20-22-24-25-26-27-28-29-30-31-32-33-35-37-39-41-43-45-47-50-60-52-54(53-62-64(58,59)61-51-49-56(3,4)5)63-55(57)48-46-44-42-40-38-36-34-23-21-19-17-15-13-11-9-7-2/h17-20,23-25,27-28,34,54H,6-16,21-22,26,29-33,35-53H2,1-5H3/b19-17-,20-18-,25-24-,28-27-,34-23-. The molecule has 2 unspecified atom stereocenters. The summed E-state index contributed by atoms with van der Waals surface area (Å²) in [5.41, 5.74) is 0. The lowest BCUT2D eigenvalue weighted by Crippen LogP contribution is -2.37. The van der Waals surface area contributed by atoms with E-state index < -0.39 is 13.9 Å². The summed E-state index contributed by atoms with van der Waals surface area (Å²) in [6.45, 7) is 5.37. The van der Waals surface area contributed by atoms with Crippen molar-refractivity contribution in [2.24, 2.45) is 0 Å². The summed E-state index contributed by atoms with van der Waals surface area (Å²) >= 11 is 0. The average Bonchev–Trinajstić information content (AvgIpc) is 3.25. The second-order valence-electron chi connectivity index (χ2n) is 18.9. The van der Waals surface area contributed by atoms with Crippen LogP contribution in [0.2, 0.25) is 0 Å². The van der Waals surface area contributed by atoms with Gasteiger partial charge in [0, 0.05) is 13.0 Å². The second kappa shape index (κ2) is 47.7. The molecule has 0 N–H and O–H groups in total. The number of nitrogens with zero attached hydrogens (tertiary/aromatic N) is 1. The molecule has 9 heteroatoms. The number of carbonyl (C=O) groups is 1. The van der Waals surface area contributed by atoms with Crippen LogP contribution in [-0.2, 0) is 27.9 Å². The summed E-state index contributed by atoms with van der Waals surface area (Å²) in [7, 11) is 1.34. The fraction of sp³-hybridized carbons (Fsp3) is 0.800. The molecule has 374 valence electrons. The van der Waals surface area contributed by atoms with Gasteiger partial charge in [-0.2, -0.15) is 0 Å². The fourth-order valence-corrected chi connectivity index (χ4v) is 7.90. The maximum absolute atomic E-state index is 12.7. The number of quaternary nitrogens is 1. The maximum Gasteiger partial charge on any atom is 0.306 e. The normalized spacial score (nSPS) is 14.0. The molecule has 0 rings (SSSR count). The van der Waals surface area contributed by atoms with Gasteiger partial charge in [-0.25, -0.2) is 0 Å². The van der Waals surface area contributed by atoms with Crippen molar-refractivity contribution >= 4 is 13.8 Å². The van der Waals surface area contributed by atoms with Crippen LogP contribution in [0.5, 0.6) is 0 Å². The number of likely N-dealkylation sites (N-methyl/N-ethyl adjacent to an activating group) is 1. The number of unbranched alkanes of at least 4 members (excludes halogenated alkanes) is 25. The van der Waals surface area contributed by atoms with Gasteiger partial charge < -0.3 is 27.9 Å². The van der Waals surface area contributed by atoms with Gasteiger partial charge >= 0.3 is 5.97 Å². The Balaban J connectivity index is 4.12. The van der Waals surface area contributed by atoms with Crippen LogP contribution in [0.1, 0.15) is 226 Å². The molecule has 8 nitrogen and oxygen atoms in total. The number of rotatable bonds is 49. The van der Waals surface area contributed by atoms with Gasteiger partial charge in [-0.3, -0.25) is 9.36 Å². The molecule has 0 radical (unpaired) electrons. The molecule has 0 aliphatic heterocycles. The van der Waals surface area contributed by atoms with Crippen LogP contribution in [-0.4, -0.2) is 70.7 Å². The molecule has 0 aliphatic rings. The van der Waals surface area contributed by atoms with E-state index in [1.807, 2.05) is 21.1 Å². The van der Waals surface area contributed by atoms with E-state index in [9.17, 15) is 14.3 Å². The van der Waals surface area contributed by atoms with Crippen molar-refractivity contribution in [1.82, 2.24) is 0 Å². The number of phosphoric ester groups is 1. The van der Waals surface area contributed by atoms with Crippen LogP contribution in [0.15, 0.2) is 60.8 Å². The van der Waals surface area contributed by atoms with E-state index in [1.165, 1.54) is 135 Å². The molecule has 0 heterocycles. The second-order valence-corrected chi connectivity index (χ2v) is 20.3. The van der Waals surface area contributed by atoms with Crippen molar-refractivity contribution < 1.29 is 37.3 Å². The van der Waals surface area contributed by atoms with Crippen LogP contribution in [0, 0.1) is 0 Å². The SMILES string of the molecule is CCCCCC/C=C\C/C=C\CCCCCCCC(=O)OC(COCCCCCCCCCCCCC/C=C\C/C=C\C/C=C\CCCCCCC)COP(=O)([O-])OCC[N+](C)(C)C. The van der Waals surface area contributed by atoms with Crippen molar-refractivity contribution in [3.63, 3.8) is 0 Å². The lowest BCUT2D eigenvalue weighted by atomic mass is 10.1. The number of esters is 1. The molecular formula is C55H102NO7P. The van der Waals surface area contributed by atoms with E-state index in [4.69, 9.17) is 18.5 Å². The van der Waals surface area contributed by atoms with E-state index in [2.05, 4.69) is 74.6 Å². The third-order valence-electron chi connectivity index (χ3n) is 11.3. The molecule has 0 bridgehead atoms. The van der Waals surface area contributed by atoms with Gasteiger partial charge in [-0.05, 0) is 83.5 Å². The summed E-state index contributed by atoms with van der Waals surface area (Å²) in [6, 6.07) is 0. The van der Waals surface area contributed by atoms with E-state index in [1.54, 1.807) is 0 Å². The summed E-state index contributed by atoms with van der Waals surface area (Å²) < 4.78 is 34.7. The molecule has 0 aromatic heterocycles. The van der Waals surface area contributed by atoms with Gasteiger partial charge in [0.1, 0.15) is 19.3 Å². The van der Waals surface area contributed by atoms with Crippen LogP contribution in [0.25, 0.3) is 0 Å². The number of allylic oxidation sites excluding steroid dienone is 10. The van der Waals surface area contributed by atoms with Gasteiger partial charge in [0.2, 0.25) is 0 Å². The monoisotopic (exact) mass is 920 g/mol. The molecule has 0 amide bonds. The van der Waals surface area contributed by atoms with Gasteiger partial charge in [0.25, 0.3) is 7.82 Å². The van der Waals surface area contributed by atoms with Crippen LogP contribution < -0.4 is 4.89 Å². The molecular weight excluding hydrogens is 818 g/mol. The Kier molecular flexibility index (Phi) is 46.3. The Labute approximate surface area is 396 Å². The first-order valence-corrected chi connectivity index (χ1v) is 28.0. The molecule has 2 atom stereocenters. The van der Waals surface area contributed by atoms with Gasteiger partial charge in [-0.1, -0.05) is 197 Å². The molecule has 0 aromatic rings. The van der Waals surface area contributed by atoms with Gasteiger partial charge in [0.15, 0.2) is 0 Å². The number of phosphoric acid groups is 1. The highest BCUT2D eigenvalue weighted by Crippen LogP contribution is 2.38. The van der Waals surface area contributed by atoms with Crippen molar-refractivity contribution in [3.05, 3.63) is 60.8 Å². The van der Waals surface area contributed by atoms with Crippen molar-refractivity contribution in [1.29, 1.82) is 0 Å². The zero-order valence-corrected chi connectivity index (χ0v) is 43.4. The highest BCUT2D eigenvalue weighted by Gasteiger charge is 2.20. The van der Waals surface area contributed by atoms with Crippen LogP contribution in [0.4, 0.5) is 0 Å². The first-order valence-electron chi connectivity index (χ1n) is 26.5. The van der Waals surface area contributed by atoms with E-state index in [0.717, 1.165) is 70.6 Å². The maximum atomic E-state index is 12.7. The van der Waals surface area contributed by atoms with Gasteiger partial charge in [0.05, 0.1) is 34.4 Å². The summed E-state index contributed by atoms with van der Waals surface area (Å²) in [5, 5.41) is 0. The molecule has 0 spiro atoms. The summed E-state index contributed by atoms with van der Waals surface area (Å²) in [4.78, 5) is 25.2. The fourth-order valence-electron chi connectivity index (χ4n) is 7.17. The van der Waals surface area contributed by atoms with Crippen LogP contribution >= 0.6 is 7.82 Å². The molecule has 0 saturated heterocycles. The van der Waals surface area contributed by atoms with E-state index >= 15 is 0 Å². The Morgan fingerprint density at radius 1 is 0.484 bits per heavy atom. The molecule has 0 aliphatic carbocycles. The Morgan fingerprint density at radius 3 is 1.30 bits per heavy atom. The number of hydrogen-bond acceptors (Lipinski definition) is 7. The van der Waals surface area contributed by atoms with E-state index in [-0.39, 0.29) is 25.8 Å². The van der Waals surface area contributed by atoms with E-state index in [0.29, 0.717) is 24.1 Å². The minimum absolute atomic E-state index is 0.0208. The third kappa shape index (κ3) is 51.2. The lowest BCUT2D eigenvalue weighted by molar-refractivity contribution is -0.870. The first-order chi connectivity index (χ1) is 31.1. The zero-order valence-electron chi connectivity index (χ0n) is 42.5. The number of hydrogen-bond donors (Lipinski definition) is 0. The minimum Gasteiger partial charge on any atom is -0.756 e. The number of carbonyl (C=O) groups excluding carboxylic acids is 1. The predicted octanol–water partition coefficient (Wildman–Crippen LogP) is 15.8. The summed E-state index contributed by atoms with van der Waals surface area (Å²) in [5.74, 6) is -0.348. The Morgan fingerprint density at radius 2 is 0.859 bits per heavy atom. The molecule has 64 heavy (non-hydrogen) atoms. The Bertz CT molecular complexity index is 1210. The first kappa shape index (κ1) is 62.2. The average molecular weight is 920 g/mol. The van der Waals surface area contributed by atoms with Crippen LogP contribution in [0.3, 0.4) is 0 Å². The van der Waals surface area contributed by atoms with Crippen molar-refractivity contribution in [2.75, 3.05) is 54.1 Å². The molecule has 0 aromatic carbocycles. The highest BCUT2D eigenvalue weighted by molar-refractivity contribution is 7.45. The molecule has 0 fully saturated rings. The minimum atomic E-state index is -4.54. The highest BCUT2D eigenvalue weighted by atomic mass is 31.2. The number of ether oxygens (including phenoxy) is 2. The lowest BCUT2D eigenvalue weighted by Gasteiger charge is -2.28. The quantitative estimate of drug-likeness (QED) is 0.0197. The van der Waals surface area contributed by atoms with Gasteiger partial charge in [-0.15, -0.1) is 0 Å².